The predicted molar refractivity (Wildman–Crippen MR) is 227 cm³/mol. The first-order valence-corrected chi connectivity index (χ1v) is 23.8. The van der Waals surface area contributed by atoms with Gasteiger partial charge >= 0.3 is 0 Å². The van der Waals surface area contributed by atoms with Crippen molar-refractivity contribution in [3.63, 3.8) is 0 Å². The molecule has 7 N–H and O–H groups in total. The topological polar surface area (TPSA) is 169 Å². The van der Waals surface area contributed by atoms with Crippen LogP contribution in [0.5, 0.6) is 0 Å². The average molecular weight is 802 g/mol. The molecule has 10 heteroatoms. The number of amides is 1. The number of nitrogens with one attached hydrogen (secondary N) is 1. The molecule has 0 aromatic carbocycles. The monoisotopic (exact) mass is 802 g/mol. The van der Waals surface area contributed by atoms with Crippen molar-refractivity contribution in [3.8, 4) is 0 Å². The maximum Gasteiger partial charge on any atom is 0.220 e. The summed E-state index contributed by atoms with van der Waals surface area (Å²) in [6.45, 7) is 3.60. The van der Waals surface area contributed by atoms with E-state index in [4.69, 9.17) is 9.47 Å². The Balaban J connectivity index is 2.30. The van der Waals surface area contributed by atoms with Crippen LogP contribution in [0.15, 0.2) is 0 Å². The van der Waals surface area contributed by atoms with Crippen LogP contribution in [0, 0.1) is 0 Å². The highest BCUT2D eigenvalue weighted by Gasteiger charge is 2.44. The predicted octanol–water partition coefficient (Wildman–Crippen LogP) is 8.92. The minimum absolute atomic E-state index is 0.254. The Bertz CT molecular complexity index is 864. The van der Waals surface area contributed by atoms with E-state index in [1.807, 2.05) is 0 Å². The molecular formula is C46H91NO9. The van der Waals surface area contributed by atoms with Gasteiger partial charge in [-0.2, -0.15) is 0 Å². The van der Waals surface area contributed by atoms with Crippen molar-refractivity contribution >= 4 is 5.91 Å². The fourth-order valence-corrected chi connectivity index (χ4v) is 7.91. The van der Waals surface area contributed by atoms with Crippen molar-refractivity contribution < 1.29 is 44.9 Å². The molecule has 1 fully saturated rings. The second kappa shape index (κ2) is 37.2. The van der Waals surface area contributed by atoms with Gasteiger partial charge in [-0.3, -0.25) is 4.79 Å². The summed E-state index contributed by atoms with van der Waals surface area (Å²) in [5, 5.41) is 65.1. The van der Waals surface area contributed by atoms with E-state index in [0.29, 0.717) is 6.42 Å². The molecular weight excluding hydrogens is 711 g/mol. The van der Waals surface area contributed by atoms with Crippen LogP contribution in [0.25, 0.3) is 0 Å². The van der Waals surface area contributed by atoms with E-state index in [1.165, 1.54) is 154 Å². The van der Waals surface area contributed by atoms with Crippen molar-refractivity contribution in [3.05, 3.63) is 0 Å². The van der Waals surface area contributed by atoms with E-state index in [1.54, 1.807) is 0 Å². The molecule has 1 amide bonds. The van der Waals surface area contributed by atoms with Crippen molar-refractivity contribution in [2.75, 3.05) is 13.2 Å². The molecule has 0 aliphatic carbocycles. The number of aliphatic hydroxyl groups excluding tert-OH is 6. The average Bonchev–Trinajstić information content (AvgIpc) is 3.20. The van der Waals surface area contributed by atoms with Gasteiger partial charge in [0.1, 0.15) is 30.5 Å². The zero-order valence-corrected chi connectivity index (χ0v) is 36.3. The third-order valence-electron chi connectivity index (χ3n) is 11.8. The lowest BCUT2D eigenvalue weighted by atomic mass is 9.98. The molecule has 0 aromatic heterocycles. The molecule has 1 saturated heterocycles. The van der Waals surface area contributed by atoms with E-state index < -0.39 is 55.6 Å². The molecule has 1 heterocycles. The summed E-state index contributed by atoms with van der Waals surface area (Å²) in [5.41, 5.74) is 0. The Labute approximate surface area is 343 Å². The molecule has 0 spiro atoms. The maximum atomic E-state index is 13.0. The number of aliphatic hydroxyl groups is 6. The van der Waals surface area contributed by atoms with Crippen LogP contribution in [-0.4, -0.2) is 98.7 Å². The largest absolute Gasteiger partial charge is 0.394 e. The molecule has 334 valence electrons. The highest BCUT2D eigenvalue weighted by molar-refractivity contribution is 5.76. The first kappa shape index (κ1) is 53.2. The van der Waals surface area contributed by atoms with Crippen molar-refractivity contribution in [2.45, 2.75) is 275 Å². The van der Waals surface area contributed by atoms with Crippen LogP contribution < -0.4 is 5.32 Å². The van der Waals surface area contributed by atoms with Gasteiger partial charge in [-0.25, -0.2) is 0 Å². The van der Waals surface area contributed by atoms with Gasteiger partial charge in [0.15, 0.2) is 6.29 Å². The molecule has 0 bridgehead atoms. The Morgan fingerprint density at radius 2 is 0.929 bits per heavy atom. The third-order valence-corrected chi connectivity index (χ3v) is 11.8. The van der Waals surface area contributed by atoms with Gasteiger partial charge in [0.25, 0.3) is 0 Å². The molecule has 1 rings (SSSR count). The fraction of sp³-hybridized carbons (Fsp3) is 0.978. The number of rotatable bonds is 40. The summed E-state index contributed by atoms with van der Waals surface area (Å²) >= 11 is 0. The lowest BCUT2D eigenvalue weighted by molar-refractivity contribution is -0.303. The van der Waals surface area contributed by atoms with Gasteiger partial charge < -0.3 is 45.4 Å². The van der Waals surface area contributed by atoms with E-state index in [2.05, 4.69) is 19.2 Å². The first-order chi connectivity index (χ1) is 27.3. The summed E-state index contributed by atoms with van der Waals surface area (Å²) in [6, 6.07) is -0.983. The molecule has 0 aromatic rings. The second-order valence-electron chi connectivity index (χ2n) is 17.1. The number of ether oxygens (including phenoxy) is 2. The van der Waals surface area contributed by atoms with E-state index in [0.717, 1.165) is 44.9 Å². The van der Waals surface area contributed by atoms with Crippen molar-refractivity contribution in [1.82, 2.24) is 5.32 Å². The minimum atomic E-state index is -1.60. The summed E-state index contributed by atoms with van der Waals surface area (Å²) in [7, 11) is 0. The second-order valence-corrected chi connectivity index (χ2v) is 17.1. The molecule has 1 aliphatic heterocycles. The quantitative estimate of drug-likeness (QED) is 0.0299. The molecule has 1 aliphatic rings. The molecule has 0 saturated carbocycles. The van der Waals surface area contributed by atoms with Crippen molar-refractivity contribution in [1.29, 1.82) is 0 Å². The van der Waals surface area contributed by atoms with E-state index in [9.17, 15) is 35.4 Å². The summed E-state index contributed by atoms with van der Waals surface area (Å²) < 4.78 is 11.1. The number of carbonyl (C=O) groups excluding carboxylic acids is 1. The standard InChI is InChI=1S/C46H91NO9/c1-3-5-7-9-11-13-15-16-17-18-19-20-21-22-23-24-25-27-29-31-33-35-41(50)47-38(37-55-46-45(54)44(53)43(52)40(36-48)56-46)42(51)39(49)34-32-30-28-26-14-12-10-8-6-4-2/h38-40,42-46,48-49,51-54H,3-37H2,1-2H3,(H,47,50). The van der Waals surface area contributed by atoms with Crippen LogP contribution in [0.4, 0.5) is 0 Å². The Morgan fingerprint density at radius 3 is 1.32 bits per heavy atom. The number of hydrogen-bond acceptors (Lipinski definition) is 9. The SMILES string of the molecule is CCCCCCCCCCCCCCCCCCCCCCCC(=O)NC(COC1OC(CO)C(O)C(O)C1O)C(O)C(O)CCCCCCCCCCCC. The van der Waals surface area contributed by atoms with E-state index >= 15 is 0 Å². The summed E-state index contributed by atoms with van der Waals surface area (Å²) in [6.07, 6.45) is 29.8. The Hall–Kier alpha value is -0.850. The third kappa shape index (κ3) is 27.0. The molecule has 8 atom stereocenters. The fourth-order valence-electron chi connectivity index (χ4n) is 7.91. The van der Waals surface area contributed by atoms with Gasteiger partial charge in [-0.1, -0.05) is 206 Å². The van der Waals surface area contributed by atoms with Crippen LogP contribution in [-0.2, 0) is 14.3 Å². The highest BCUT2D eigenvalue weighted by atomic mass is 16.7. The first-order valence-electron chi connectivity index (χ1n) is 23.8. The minimum Gasteiger partial charge on any atom is -0.394 e. The smallest absolute Gasteiger partial charge is 0.220 e. The molecule has 8 unspecified atom stereocenters. The lowest BCUT2D eigenvalue weighted by Crippen LogP contribution is -2.60. The number of carbonyl (C=O) groups is 1. The number of unbranched alkanes of at least 4 members (excludes halogenated alkanes) is 29. The van der Waals surface area contributed by atoms with Gasteiger partial charge in [-0.15, -0.1) is 0 Å². The zero-order valence-electron chi connectivity index (χ0n) is 36.3. The lowest BCUT2D eigenvalue weighted by Gasteiger charge is -2.40. The maximum absolute atomic E-state index is 13.0. The van der Waals surface area contributed by atoms with Crippen LogP contribution in [0.1, 0.15) is 226 Å². The van der Waals surface area contributed by atoms with Gasteiger partial charge in [0.2, 0.25) is 5.91 Å². The highest BCUT2D eigenvalue weighted by Crippen LogP contribution is 2.23. The van der Waals surface area contributed by atoms with Gasteiger partial charge in [0, 0.05) is 6.42 Å². The van der Waals surface area contributed by atoms with Gasteiger partial charge in [0.05, 0.1) is 25.4 Å². The summed E-state index contributed by atoms with van der Waals surface area (Å²) in [4.78, 5) is 13.0. The molecule has 56 heavy (non-hydrogen) atoms. The van der Waals surface area contributed by atoms with Crippen LogP contribution >= 0.6 is 0 Å². The van der Waals surface area contributed by atoms with E-state index in [-0.39, 0.29) is 18.9 Å². The van der Waals surface area contributed by atoms with Crippen molar-refractivity contribution in [2.24, 2.45) is 0 Å². The Kier molecular flexibility index (Phi) is 35.3. The molecule has 0 radical (unpaired) electrons. The number of hydrogen-bond donors (Lipinski definition) is 7. The molecule has 10 nitrogen and oxygen atoms in total. The van der Waals surface area contributed by atoms with Crippen LogP contribution in [0.2, 0.25) is 0 Å². The summed E-state index contributed by atoms with van der Waals surface area (Å²) in [5.74, 6) is -0.254. The zero-order chi connectivity index (χ0) is 41.1. The Morgan fingerprint density at radius 1 is 0.554 bits per heavy atom. The van der Waals surface area contributed by atoms with Crippen LogP contribution in [0.3, 0.4) is 0 Å². The normalized spacial score (nSPS) is 21.6. The van der Waals surface area contributed by atoms with Gasteiger partial charge in [-0.05, 0) is 12.8 Å².